The largest absolute Gasteiger partial charge is 0.300 e. The molecule has 0 bridgehead atoms. The lowest BCUT2D eigenvalue weighted by molar-refractivity contribution is 0.224. The molecule has 0 aromatic carbocycles. The Morgan fingerprint density at radius 3 is 2.36 bits per heavy atom. The molecule has 0 saturated heterocycles. The third kappa shape index (κ3) is 5.45. The lowest BCUT2D eigenvalue weighted by Gasteiger charge is -2.24. The third-order valence-corrected chi connectivity index (χ3v) is 1.85. The summed E-state index contributed by atoms with van der Waals surface area (Å²) < 4.78 is 11.8. The Kier molecular flexibility index (Phi) is 6.98. The van der Waals surface area contributed by atoms with Crippen LogP contribution in [0.25, 0.3) is 0 Å². The van der Waals surface area contributed by atoms with Gasteiger partial charge in [0.05, 0.1) is 6.67 Å². The van der Waals surface area contributed by atoms with Gasteiger partial charge >= 0.3 is 0 Å². The topological polar surface area (TPSA) is 3.24 Å². The van der Waals surface area contributed by atoms with Gasteiger partial charge in [-0.1, -0.05) is 0 Å². The summed E-state index contributed by atoms with van der Waals surface area (Å²) in [6.07, 6.45) is 0.620. The second kappa shape index (κ2) is 6.86. The van der Waals surface area contributed by atoms with Crippen LogP contribution in [0.1, 0.15) is 20.3 Å². The highest BCUT2D eigenvalue weighted by atomic mass is 35.5. The smallest absolute Gasteiger partial charge is 0.0906 e. The van der Waals surface area contributed by atoms with Crippen LogP contribution in [-0.4, -0.2) is 36.6 Å². The molecule has 0 unspecified atom stereocenters. The van der Waals surface area contributed by atoms with Crippen molar-refractivity contribution >= 4 is 11.6 Å². The van der Waals surface area contributed by atoms with Gasteiger partial charge in [-0.15, -0.1) is 11.6 Å². The van der Waals surface area contributed by atoms with Crippen molar-refractivity contribution in [3.8, 4) is 0 Å². The molecule has 0 rings (SSSR count). The summed E-state index contributed by atoms with van der Waals surface area (Å²) in [6, 6.07) is 0.472. The predicted molar refractivity (Wildman–Crippen MR) is 48.0 cm³/mol. The molecule has 0 N–H and O–H groups in total. The van der Waals surface area contributed by atoms with E-state index in [0.29, 0.717) is 18.3 Å². The maximum Gasteiger partial charge on any atom is 0.0906 e. The van der Waals surface area contributed by atoms with Crippen LogP contribution < -0.4 is 0 Å². The van der Waals surface area contributed by atoms with Gasteiger partial charge in [-0.3, -0.25) is 9.29 Å². The number of hydrogen-bond donors (Lipinski definition) is 0. The van der Waals surface area contributed by atoms with Crippen molar-refractivity contribution < 1.29 is 4.39 Å². The molecule has 0 saturated carbocycles. The fraction of sp³-hybridized carbons (Fsp3) is 1.00. The van der Waals surface area contributed by atoms with Crippen molar-refractivity contribution in [2.24, 2.45) is 0 Å². The van der Waals surface area contributed by atoms with Gasteiger partial charge in [0.25, 0.3) is 0 Å². The molecule has 0 heterocycles. The van der Waals surface area contributed by atoms with Gasteiger partial charge in [0.15, 0.2) is 0 Å². The summed E-state index contributed by atoms with van der Waals surface area (Å²) in [6.45, 7) is 5.65. The Balaban J connectivity index is 3.51. The van der Waals surface area contributed by atoms with Gasteiger partial charge in [0.2, 0.25) is 0 Å². The van der Waals surface area contributed by atoms with E-state index in [1.165, 1.54) is 0 Å². The molecule has 0 amide bonds. The first-order valence-electron chi connectivity index (χ1n) is 4.08. The average Bonchev–Trinajstić information content (AvgIpc) is 1.97. The minimum absolute atomic E-state index is 0.231. The molecule has 11 heavy (non-hydrogen) atoms. The number of alkyl halides is 2. The summed E-state index contributed by atoms with van der Waals surface area (Å²) in [7, 11) is 0. The highest BCUT2D eigenvalue weighted by molar-refractivity contribution is 6.18. The summed E-state index contributed by atoms with van der Waals surface area (Å²) >= 11 is 5.58. The van der Waals surface area contributed by atoms with Gasteiger partial charge in [-0.2, -0.15) is 0 Å². The van der Waals surface area contributed by atoms with E-state index < -0.39 is 0 Å². The molecular weight excluding hydrogens is 165 g/mol. The first-order chi connectivity index (χ1) is 5.22. The number of rotatable bonds is 6. The summed E-state index contributed by atoms with van der Waals surface area (Å²) in [4.78, 5) is 2.19. The van der Waals surface area contributed by atoms with E-state index in [0.717, 1.165) is 13.1 Å². The monoisotopic (exact) mass is 181 g/mol. The van der Waals surface area contributed by atoms with Crippen LogP contribution in [0.4, 0.5) is 4.39 Å². The molecule has 0 aliphatic heterocycles. The number of halogens is 2. The molecule has 0 aromatic rings. The van der Waals surface area contributed by atoms with Crippen molar-refractivity contribution in [1.29, 1.82) is 0 Å². The zero-order chi connectivity index (χ0) is 8.69. The molecule has 0 aromatic heterocycles. The first-order valence-corrected chi connectivity index (χ1v) is 4.61. The maximum absolute atomic E-state index is 11.8. The van der Waals surface area contributed by atoms with Gasteiger partial charge in [0.1, 0.15) is 0 Å². The lowest BCUT2D eigenvalue weighted by atomic mass is 10.3. The van der Waals surface area contributed by atoms with E-state index in [9.17, 15) is 4.39 Å². The number of nitrogens with zero attached hydrogens (tertiary/aromatic N) is 1. The van der Waals surface area contributed by atoms with Crippen LogP contribution in [-0.2, 0) is 0 Å². The summed E-state index contributed by atoms with van der Waals surface area (Å²) in [5, 5.41) is 0. The van der Waals surface area contributed by atoms with Crippen LogP contribution in [0.3, 0.4) is 0 Å². The first kappa shape index (κ1) is 11.2. The minimum Gasteiger partial charge on any atom is -0.300 e. The van der Waals surface area contributed by atoms with E-state index in [1.54, 1.807) is 0 Å². The van der Waals surface area contributed by atoms with Crippen LogP contribution in [0, 0.1) is 0 Å². The fourth-order valence-electron chi connectivity index (χ4n) is 1.000. The molecule has 0 spiro atoms. The SMILES string of the molecule is CC(C)N(CCCl)CCCF. The van der Waals surface area contributed by atoms with E-state index in [2.05, 4.69) is 18.7 Å². The molecular formula is C8H17ClFN. The van der Waals surface area contributed by atoms with Gasteiger partial charge in [0, 0.05) is 25.0 Å². The zero-order valence-electron chi connectivity index (χ0n) is 7.32. The van der Waals surface area contributed by atoms with Crippen molar-refractivity contribution in [1.82, 2.24) is 4.90 Å². The second-order valence-electron chi connectivity index (χ2n) is 2.86. The molecule has 0 aliphatic carbocycles. The van der Waals surface area contributed by atoms with Crippen LogP contribution in [0.5, 0.6) is 0 Å². The zero-order valence-corrected chi connectivity index (χ0v) is 8.07. The summed E-state index contributed by atoms with van der Waals surface area (Å²) in [5.41, 5.74) is 0. The molecule has 3 heteroatoms. The van der Waals surface area contributed by atoms with Crippen LogP contribution in [0.15, 0.2) is 0 Å². The van der Waals surface area contributed by atoms with Gasteiger partial charge < -0.3 is 0 Å². The number of hydrogen-bond acceptors (Lipinski definition) is 1. The second-order valence-corrected chi connectivity index (χ2v) is 3.24. The molecule has 0 aliphatic rings. The van der Waals surface area contributed by atoms with Crippen molar-refractivity contribution in [3.05, 3.63) is 0 Å². The van der Waals surface area contributed by atoms with Crippen molar-refractivity contribution in [2.75, 3.05) is 25.6 Å². The Labute approximate surface area is 73.5 Å². The van der Waals surface area contributed by atoms with Crippen molar-refractivity contribution in [2.45, 2.75) is 26.3 Å². The van der Waals surface area contributed by atoms with Gasteiger partial charge in [-0.05, 0) is 20.3 Å². The summed E-state index contributed by atoms with van der Waals surface area (Å²) in [5.74, 6) is 0.629. The van der Waals surface area contributed by atoms with E-state index in [-0.39, 0.29) is 6.67 Å². The average molecular weight is 182 g/mol. The normalized spacial score (nSPS) is 11.5. The Hall–Kier alpha value is 0.180. The van der Waals surface area contributed by atoms with Crippen molar-refractivity contribution in [3.63, 3.8) is 0 Å². The Morgan fingerprint density at radius 1 is 1.36 bits per heavy atom. The quantitative estimate of drug-likeness (QED) is 0.569. The molecule has 0 radical (unpaired) electrons. The highest BCUT2D eigenvalue weighted by Gasteiger charge is 2.06. The molecule has 68 valence electrons. The lowest BCUT2D eigenvalue weighted by Crippen LogP contribution is -2.33. The fourth-order valence-corrected chi connectivity index (χ4v) is 1.22. The molecule has 1 nitrogen and oxygen atoms in total. The van der Waals surface area contributed by atoms with E-state index in [1.807, 2.05) is 0 Å². The highest BCUT2D eigenvalue weighted by Crippen LogP contribution is 2.00. The predicted octanol–water partition coefficient (Wildman–Crippen LogP) is 2.30. The standard InChI is InChI=1S/C8H17ClFN/c1-8(2)11(7-4-9)6-3-5-10/h8H,3-7H2,1-2H3. The Bertz CT molecular complexity index is 88.2. The van der Waals surface area contributed by atoms with E-state index >= 15 is 0 Å². The Morgan fingerprint density at radius 2 is 2.00 bits per heavy atom. The van der Waals surface area contributed by atoms with Gasteiger partial charge in [-0.25, -0.2) is 0 Å². The molecule has 0 atom stereocenters. The molecule has 0 fully saturated rings. The maximum atomic E-state index is 11.8. The van der Waals surface area contributed by atoms with Crippen LogP contribution >= 0.6 is 11.6 Å². The minimum atomic E-state index is -0.231. The van der Waals surface area contributed by atoms with Crippen LogP contribution in [0.2, 0.25) is 0 Å². The van der Waals surface area contributed by atoms with E-state index in [4.69, 9.17) is 11.6 Å². The third-order valence-electron chi connectivity index (χ3n) is 1.68.